The van der Waals surface area contributed by atoms with E-state index in [4.69, 9.17) is 5.73 Å². The normalized spacial score (nSPS) is 14.6. The smallest absolute Gasteiger partial charge is 0.270 e. The van der Waals surface area contributed by atoms with Crippen LogP contribution < -0.4 is 5.73 Å². The van der Waals surface area contributed by atoms with E-state index in [2.05, 4.69) is 29.1 Å². The number of hydrogen-bond donors (Lipinski definition) is 1. The summed E-state index contributed by atoms with van der Waals surface area (Å²) < 4.78 is 1.59. The molecule has 1 fully saturated rings. The Labute approximate surface area is 156 Å². The third-order valence-electron chi connectivity index (χ3n) is 4.84. The molecule has 3 heterocycles. The molecule has 2 amide bonds. The van der Waals surface area contributed by atoms with Crippen molar-refractivity contribution in [3.05, 3.63) is 53.5 Å². The number of aromatic nitrogens is 4. The zero-order valence-corrected chi connectivity index (χ0v) is 15.2. The maximum Gasteiger partial charge on any atom is 0.270 e. The summed E-state index contributed by atoms with van der Waals surface area (Å²) in [5.74, 6) is -0.410. The highest BCUT2D eigenvalue weighted by molar-refractivity contribution is 6.06. The second kappa shape index (κ2) is 6.46. The van der Waals surface area contributed by atoms with Crippen LogP contribution in [0.1, 0.15) is 52.3 Å². The molecule has 0 atom stereocenters. The molecule has 0 spiro atoms. The Morgan fingerprint density at radius 3 is 2.63 bits per heavy atom. The minimum atomic E-state index is -0.613. The number of fused-ring (bicyclic) bond motifs is 1. The lowest BCUT2D eigenvalue weighted by Crippen LogP contribution is -2.51. The molecule has 0 saturated carbocycles. The monoisotopic (exact) mass is 364 g/mol. The molecule has 0 unspecified atom stereocenters. The molecular formula is C19H20N6O2. The van der Waals surface area contributed by atoms with E-state index in [-0.39, 0.29) is 23.6 Å². The second-order valence-corrected chi connectivity index (χ2v) is 7.08. The molecule has 1 saturated heterocycles. The van der Waals surface area contributed by atoms with Gasteiger partial charge in [-0.2, -0.15) is 0 Å². The molecule has 1 aliphatic rings. The first-order valence-electron chi connectivity index (χ1n) is 8.84. The van der Waals surface area contributed by atoms with Crippen LogP contribution in [0, 0.1) is 0 Å². The number of hydrogen-bond acceptors (Lipinski definition) is 5. The Balaban J connectivity index is 1.58. The molecule has 4 rings (SSSR count). The number of carbonyl (C=O) groups is 2. The Bertz CT molecular complexity index is 1040. The molecule has 0 radical (unpaired) electrons. The van der Waals surface area contributed by atoms with Crippen molar-refractivity contribution in [2.24, 2.45) is 5.73 Å². The maximum atomic E-state index is 13.1. The van der Waals surface area contributed by atoms with Crippen molar-refractivity contribution in [3.63, 3.8) is 0 Å². The van der Waals surface area contributed by atoms with Gasteiger partial charge in [-0.25, -0.2) is 4.68 Å². The van der Waals surface area contributed by atoms with Crippen molar-refractivity contribution >= 4 is 22.7 Å². The molecule has 1 aromatic carbocycles. The minimum absolute atomic E-state index is 0.00720. The summed E-state index contributed by atoms with van der Waals surface area (Å²) in [5, 5.41) is 8.53. The van der Waals surface area contributed by atoms with Crippen molar-refractivity contribution in [2.45, 2.75) is 25.8 Å². The third-order valence-corrected chi connectivity index (χ3v) is 4.84. The van der Waals surface area contributed by atoms with Crippen LogP contribution in [-0.4, -0.2) is 49.8 Å². The molecule has 138 valence electrons. The summed E-state index contributed by atoms with van der Waals surface area (Å²) in [4.78, 5) is 30.7. The number of likely N-dealkylation sites (tertiary alicyclic amines) is 1. The van der Waals surface area contributed by atoms with Crippen LogP contribution in [0.5, 0.6) is 0 Å². The predicted octanol–water partition coefficient (Wildman–Crippen LogP) is 1.75. The first-order chi connectivity index (χ1) is 12.9. The van der Waals surface area contributed by atoms with Crippen LogP contribution in [0.4, 0.5) is 0 Å². The third kappa shape index (κ3) is 3.03. The van der Waals surface area contributed by atoms with E-state index in [9.17, 15) is 9.59 Å². The molecule has 8 nitrogen and oxygen atoms in total. The highest BCUT2D eigenvalue weighted by Gasteiger charge is 2.34. The van der Waals surface area contributed by atoms with Gasteiger partial charge < -0.3 is 10.6 Å². The Hall–Kier alpha value is -3.29. The first kappa shape index (κ1) is 17.1. The first-order valence-corrected chi connectivity index (χ1v) is 8.84. The Morgan fingerprint density at radius 1 is 1.22 bits per heavy atom. The Kier molecular flexibility index (Phi) is 4.10. The summed E-state index contributed by atoms with van der Waals surface area (Å²) in [7, 11) is 0. The number of nitrogens with two attached hydrogens (primary N) is 1. The fourth-order valence-corrected chi connectivity index (χ4v) is 3.20. The van der Waals surface area contributed by atoms with Gasteiger partial charge in [0.1, 0.15) is 0 Å². The van der Waals surface area contributed by atoms with Crippen LogP contribution in [0.15, 0.2) is 36.5 Å². The molecule has 27 heavy (non-hydrogen) atoms. The van der Waals surface area contributed by atoms with Gasteiger partial charge in [0.2, 0.25) is 0 Å². The van der Waals surface area contributed by atoms with Crippen molar-refractivity contribution in [1.29, 1.82) is 0 Å². The van der Waals surface area contributed by atoms with Crippen molar-refractivity contribution in [1.82, 2.24) is 24.9 Å². The molecule has 2 aromatic heterocycles. The predicted molar refractivity (Wildman–Crippen MR) is 99.3 cm³/mol. The Morgan fingerprint density at radius 2 is 1.96 bits per heavy atom. The van der Waals surface area contributed by atoms with E-state index in [1.165, 1.54) is 6.20 Å². The lowest BCUT2D eigenvalue weighted by Gasteiger charge is -2.39. The molecule has 2 N–H and O–H groups in total. The summed E-state index contributed by atoms with van der Waals surface area (Å²) in [5.41, 5.74) is 7.72. The average Bonchev–Trinajstić information content (AvgIpc) is 3.09. The van der Waals surface area contributed by atoms with Gasteiger partial charge in [-0.3, -0.25) is 14.6 Å². The van der Waals surface area contributed by atoms with E-state index >= 15 is 0 Å². The maximum absolute atomic E-state index is 13.1. The number of rotatable bonds is 4. The zero-order chi connectivity index (χ0) is 19.1. The zero-order valence-electron chi connectivity index (χ0n) is 15.2. The standard InChI is InChI=1S/C19H20N6O2/c1-11(2)16-7-14(13-5-3-4-6-15(13)21-16)19(27)24-8-12(9-24)25-10-17(18(20)26)22-23-25/h3-7,10-12H,8-9H2,1-2H3,(H2,20,26). The number of amides is 2. The number of carbonyl (C=O) groups excluding carboxylic acids is 2. The molecule has 3 aromatic rings. The van der Waals surface area contributed by atoms with Crippen molar-refractivity contribution in [2.75, 3.05) is 13.1 Å². The number of primary amides is 1. The molecule has 8 heteroatoms. The fraction of sp³-hybridized carbons (Fsp3) is 0.316. The molecule has 1 aliphatic heterocycles. The lowest BCUT2D eigenvalue weighted by molar-refractivity contribution is 0.0500. The summed E-state index contributed by atoms with van der Waals surface area (Å²) in [6.07, 6.45) is 1.52. The van der Waals surface area contributed by atoms with Crippen LogP contribution in [0.25, 0.3) is 10.9 Å². The van der Waals surface area contributed by atoms with E-state index in [0.717, 1.165) is 16.6 Å². The second-order valence-electron chi connectivity index (χ2n) is 7.08. The van der Waals surface area contributed by atoms with E-state index in [1.54, 1.807) is 9.58 Å². The average molecular weight is 364 g/mol. The van der Waals surface area contributed by atoms with Gasteiger partial charge in [0.05, 0.1) is 23.3 Å². The van der Waals surface area contributed by atoms with E-state index in [0.29, 0.717) is 18.7 Å². The van der Waals surface area contributed by atoms with Crippen LogP contribution >= 0.6 is 0 Å². The van der Waals surface area contributed by atoms with Crippen LogP contribution in [0.3, 0.4) is 0 Å². The largest absolute Gasteiger partial charge is 0.364 e. The van der Waals surface area contributed by atoms with Crippen LogP contribution in [-0.2, 0) is 0 Å². The highest BCUT2D eigenvalue weighted by atomic mass is 16.2. The number of para-hydroxylation sites is 1. The topological polar surface area (TPSA) is 107 Å². The highest BCUT2D eigenvalue weighted by Crippen LogP contribution is 2.27. The number of pyridine rings is 1. The molecule has 0 bridgehead atoms. The summed E-state index contributed by atoms with van der Waals surface area (Å²) in [6.45, 7) is 5.14. The molecular weight excluding hydrogens is 344 g/mol. The van der Waals surface area contributed by atoms with Crippen molar-refractivity contribution in [3.8, 4) is 0 Å². The van der Waals surface area contributed by atoms with Gasteiger partial charge in [0, 0.05) is 24.2 Å². The van der Waals surface area contributed by atoms with Gasteiger partial charge in [0.15, 0.2) is 5.69 Å². The van der Waals surface area contributed by atoms with E-state index in [1.807, 2.05) is 30.3 Å². The molecule has 0 aliphatic carbocycles. The van der Waals surface area contributed by atoms with Gasteiger partial charge in [-0.05, 0) is 18.1 Å². The van der Waals surface area contributed by atoms with Gasteiger partial charge >= 0.3 is 0 Å². The van der Waals surface area contributed by atoms with Gasteiger partial charge in [-0.1, -0.05) is 37.3 Å². The summed E-state index contributed by atoms with van der Waals surface area (Å²) >= 11 is 0. The summed E-state index contributed by atoms with van der Waals surface area (Å²) in [6, 6.07) is 9.57. The van der Waals surface area contributed by atoms with Gasteiger partial charge in [-0.15, -0.1) is 5.10 Å². The SMILES string of the molecule is CC(C)c1cc(C(=O)N2CC(n3cc(C(N)=O)nn3)C2)c2ccccc2n1. The minimum Gasteiger partial charge on any atom is -0.364 e. The number of nitrogens with zero attached hydrogens (tertiary/aromatic N) is 5. The van der Waals surface area contributed by atoms with Crippen molar-refractivity contribution < 1.29 is 9.59 Å². The quantitative estimate of drug-likeness (QED) is 0.759. The van der Waals surface area contributed by atoms with Gasteiger partial charge in [0.25, 0.3) is 11.8 Å². The van der Waals surface area contributed by atoms with Crippen LogP contribution in [0.2, 0.25) is 0 Å². The fourth-order valence-electron chi connectivity index (χ4n) is 3.20. The lowest BCUT2D eigenvalue weighted by atomic mass is 10.00. The van der Waals surface area contributed by atoms with E-state index < -0.39 is 5.91 Å². The number of benzene rings is 1.